The number of aryl methyl sites for hydroxylation is 3. The molecule has 0 aliphatic carbocycles. The zero-order valence-corrected chi connectivity index (χ0v) is 17.4. The van der Waals surface area contributed by atoms with E-state index in [9.17, 15) is 14.4 Å². The first kappa shape index (κ1) is 20.7. The first-order chi connectivity index (χ1) is 13.9. The minimum atomic E-state index is -0.570. The molecule has 7 nitrogen and oxygen atoms in total. The molecule has 0 radical (unpaired) electrons. The summed E-state index contributed by atoms with van der Waals surface area (Å²) in [6.07, 6.45) is 0.575. The Morgan fingerprint density at radius 1 is 1.07 bits per heavy atom. The number of para-hydroxylation sites is 1. The van der Waals surface area contributed by atoms with Gasteiger partial charge in [0.2, 0.25) is 5.78 Å². The second-order valence-corrected chi connectivity index (χ2v) is 7.62. The molecule has 0 bridgehead atoms. The van der Waals surface area contributed by atoms with Crippen molar-refractivity contribution in [3.8, 4) is 0 Å². The molecule has 1 aromatic carbocycles. The third-order valence-electron chi connectivity index (χ3n) is 4.38. The Morgan fingerprint density at radius 3 is 2.52 bits per heavy atom. The molecule has 0 atom stereocenters. The van der Waals surface area contributed by atoms with Crippen LogP contribution >= 0.6 is 11.3 Å². The second kappa shape index (κ2) is 9.00. The van der Waals surface area contributed by atoms with Crippen LogP contribution in [0.5, 0.6) is 0 Å². The number of carbonyl (C=O) groups excluding carboxylic acids is 3. The van der Waals surface area contributed by atoms with E-state index in [0.717, 1.165) is 15.2 Å². The van der Waals surface area contributed by atoms with E-state index in [1.807, 2.05) is 24.3 Å². The van der Waals surface area contributed by atoms with Crippen molar-refractivity contribution in [3.63, 3.8) is 0 Å². The molecule has 2 aromatic heterocycles. The molecule has 3 aromatic rings. The minimum Gasteiger partial charge on any atom is -0.462 e. The van der Waals surface area contributed by atoms with Gasteiger partial charge in [0.25, 0.3) is 0 Å². The van der Waals surface area contributed by atoms with Gasteiger partial charge in [0.1, 0.15) is 0 Å². The van der Waals surface area contributed by atoms with Crippen molar-refractivity contribution < 1.29 is 23.9 Å². The van der Waals surface area contributed by atoms with Crippen LogP contribution in [0.1, 0.15) is 50.5 Å². The van der Waals surface area contributed by atoms with Gasteiger partial charge in [0.05, 0.1) is 39.4 Å². The number of nitrogens with one attached hydrogen (secondary N) is 1. The molecule has 2 heterocycles. The minimum absolute atomic E-state index is 0.128. The number of rotatable bonds is 8. The van der Waals surface area contributed by atoms with Gasteiger partial charge in [-0.15, -0.1) is 11.3 Å². The average Bonchev–Trinajstić information content (AvgIpc) is 3.24. The predicted octanol–water partition coefficient (Wildman–Crippen LogP) is 3.78. The molecule has 0 saturated carbocycles. The molecule has 29 heavy (non-hydrogen) atoms. The van der Waals surface area contributed by atoms with Crippen LogP contribution in [0.25, 0.3) is 10.2 Å². The quantitative estimate of drug-likeness (QED) is 0.445. The summed E-state index contributed by atoms with van der Waals surface area (Å²) in [5, 5.41) is 0.844. The molecule has 152 valence electrons. The molecule has 3 rings (SSSR count). The number of nitrogens with zero attached hydrogens (tertiary/aromatic N) is 1. The smallest absolute Gasteiger partial charge is 0.340 e. The van der Waals surface area contributed by atoms with Gasteiger partial charge in [-0.25, -0.2) is 9.78 Å². The third kappa shape index (κ3) is 4.71. The largest absolute Gasteiger partial charge is 0.462 e. The van der Waals surface area contributed by atoms with Crippen molar-refractivity contribution in [2.24, 2.45) is 0 Å². The Bertz CT molecular complexity index is 1030. The van der Waals surface area contributed by atoms with Crippen LogP contribution in [0.3, 0.4) is 0 Å². The number of hydrogen-bond acceptors (Lipinski definition) is 7. The topological polar surface area (TPSA) is 98.4 Å². The van der Waals surface area contributed by atoms with Crippen LogP contribution in [0.15, 0.2) is 24.3 Å². The van der Waals surface area contributed by atoms with E-state index >= 15 is 0 Å². The fraction of sp³-hybridized carbons (Fsp3) is 0.333. The molecule has 1 N–H and O–H groups in total. The molecule has 8 heteroatoms. The second-order valence-electron chi connectivity index (χ2n) is 6.50. The number of esters is 2. The van der Waals surface area contributed by atoms with Crippen molar-refractivity contribution >= 4 is 39.3 Å². The van der Waals surface area contributed by atoms with Gasteiger partial charge in [-0.3, -0.25) is 9.59 Å². The summed E-state index contributed by atoms with van der Waals surface area (Å²) in [5.74, 6) is -1.50. The number of Topliss-reactive ketones (excluding diaryl/α,β-unsaturated/α-hetero) is 1. The summed E-state index contributed by atoms with van der Waals surface area (Å²) >= 11 is 1.53. The molecular weight excluding hydrogens is 392 g/mol. The first-order valence-electron chi connectivity index (χ1n) is 9.30. The number of aromatic amines is 1. The van der Waals surface area contributed by atoms with Crippen LogP contribution < -0.4 is 0 Å². The van der Waals surface area contributed by atoms with E-state index in [4.69, 9.17) is 9.47 Å². The lowest BCUT2D eigenvalue weighted by Crippen LogP contribution is -2.18. The summed E-state index contributed by atoms with van der Waals surface area (Å²) in [7, 11) is 0. The van der Waals surface area contributed by atoms with Crippen molar-refractivity contribution in [2.75, 3.05) is 13.2 Å². The lowest BCUT2D eigenvalue weighted by molar-refractivity contribution is -0.142. The number of ether oxygens (including phenoxy) is 2. The molecule has 0 aliphatic rings. The van der Waals surface area contributed by atoms with E-state index in [-0.39, 0.29) is 24.2 Å². The zero-order chi connectivity index (χ0) is 21.0. The van der Waals surface area contributed by atoms with Gasteiger partial charge in [-0.05, 0) is 32.9 Å². The van der Waals surface area contributed by atoms with Gasteiger partial charge in [0.15, 0.2) is 6.61 Å². The molecule has 0 spiro atoms. The summed E-state index contributed by atoms with van der Waals surface area (Å²) < 4.78 is 11.2. The van der Waals surface area contributed by atoms with Gasteiger partial charge < -0.3 is 14.5 Å². The molecule has 0 saturated heterocycles. The maximum atomic E-state index is 12.6. The number of thiazole rings is 1. The van der Waals surface area contributed by atoms with Gasteiger partial charge in [0, 0.05) is 17.8 Å². The maximum absolute atomic E-state index is 12.6. The Labute approximate surface area is 172 Å². The van der Waals surface area contributed by atoms with E-state index in [1.165, 1.54) is 11.3 Å². The maximum Gasteiger partial charge on any atom is 0.340 e. The van der Waals surface area contributed by atoms with Crippen molar-refractivity contribution in [1.82, 2.24) is 9.97 Å². The molecule has 0 amide bonds. The third-order valence-corrected chi connectivity index (χ3v) is 5.47. The monoisotopic (exact) mass is 414 g/mol. The molecule has 0 fully saturated rings. The fourth-order valence-corrected chi connectivity index (χ4v) is 4.08. The number of fused-ring (bicyclic) bond motifs is 1. The Morgan fingerprint density at radius 2 is 1.79 bits per heavy atom. The molecular formula is C21H22N2O5S. The summed E-state index contributed by atoms with van der Waals surface area (Å²) in [5.41, 5.74) is 2.40. The normalized spacial score (nSPS) is 10.9. The summed E-state index contributed by atoms with van der Waals surface area (Å²) in [4.78, 5) is 44.3. The highest BCUT2D eigenvalue weighted by Crippen LogP contribution is 2.23. The SMILES string of the molecule is CCOC(=O)c1c(C)[nH]c(C)c1C(=O)COC(=O)CCc1nc2ccccc2s1. The van der Waals surface area contributed by atoms with E-state index in [0.29, 0.717) is 17.8 Å². The van der Waals surface area contributed by atoms with E-state index in [2.05, 4.69) is 9.97 Å². The summed E-state index contributed by atoms with van der Waals surface area (Å²) in [6.45, 7) is 4.86. The predicted molar refractivity (Wildman–Crippen MR) is 109 cm³/mol. The average molecular weight is 414 g/mol. The number of ketones is 1. The lowest BCUT2D eigenvalue weighted by Gasteiger charge is -2.07. The highest BCUT2D eigenvalue weighted by atomic mass is 32.1. The van der Waals surface area contributed by atoms with Gasteiger partial charge in [-0.1, -0.05) is 12.1 Å². The Balaban J connectivity index is 1.59. The Kier molecular flexibility index (Phi) is 6.43. The van der Waals surface area contributed by atoms with Crippen LogP contribution in [0.2, 0.25) is 0 Å². The van der Waals surface area contributed by atoms with Crippen LogP contribution in [0.4, 0.5) is 0 Å². The number of aromatic nitrogens is 2. The van der Waals surface area contributed by atoms with Crippen LogP contribution in [-0.4, -0.2) is 40.9 Å². The van der Waals surface area contributed by atoms with E-state index < -0.39 is 24.3 Å². The lowest BCUT2D eigenvalue weighted by atomic mass is 10.1. The van der Waals surface area contributed by atoms with Crippen molar-refractivity contribution in [2.45, 2.75) is 33.6 Å². The Hall–Kier alpha value is -3.00. The van der Waals surface area contributed by atoms with Gasteiger partial charge >= 0.3 is 11.9 Å². The van der Waals surface area contributed by atoms with Crippen LogP contribution in [0, 0.1) is 13.8 Å². The number of hydrogen-bond donors (Lipinski definition) is 1. The number of carbonyl (C=O) groups is 3. The fourth-order valence-electron chi connectivity index (χ4n) is 3.11. The summed E-state index contributed by atoms with van der Waals surface area (Å²) in [6, 6.07) is 7.77. The number of benzene rings is 1. The highest BCUT2D eigenvalue weighted by molar-refractivity contribution is 7.18. The standard InChI is InChI=1S/C21H22N2O5S/c1-4-27-21(26)20-13(3)22-12(2)19(20)15(24)11-28-18(25)10-9-17-23-14-7-5-6-8-16(14)29-17/h5-8,22H,4,9-11H2,1-3H3. The molecule has 0 unspecified atom stereocenters. The zero-order valence-electron chi connectivity index (χ0n) is 16.5. The van der Waals surface area contributed by atoms with E-state index in [1.54, 1.807) is 20.8 Å². The van der Waals surface area contributed by atoms with Crippen LogP contribution in [-0.2, 0) is 20.7 Å². The highest BCUT2D eigenvalue weighted by Gasteiger charge is 2.26. The molecule has 0 aliphatic heterocycles. The number of H-pyrrole nitrogens is 1. The van der Waals surface area contributed by atoms with Gasteiger partial charge in [-0.2, -0.15) is 0 Å². The van der Waals surface area contributed by atoms with Crippen molar-refractivity contribution in [3.05, 3.63) is 51.8 Å². The first-order valence-corrected chi connectivity index (χ1v) is 10.1. The van der Waals surface area contributed by atoms with Crippen molar-refractivity contribution in [1.29, 1.82) is 0 Å².